The van der Waals surface area contributed by atoms with E-state index >= 15 is 0 Å². The lowest BCUT2D eigenvalue weighted by Gasteiger charge is -2.11. The topological polar surface area (TPSA) is 64.6 Å². The lowest BCUT2D eigenvalue weighted by Crippen LogP contribution is -2.17. The van der Waals surface area contributed by atoms with E-state index < -0.39 is 0 Å². The number of amides is 2. The molecule has 1 aliphatic rings. The van der Waals surface area contributed by atoms with E-state index in [-0.39, 0.29) is 11.1 Å². The molecule has 0 atom stereocenters. The van der Waals surface area contributed by atoms with Gasteiger partial charge in [0.05, 0.1) is 12.0 Å². The fourth-order valence-corrected chi connectivity index (χ4v) is 2.73. The minimum absolute atomic E-state index is 0.355. The van der Waals surface area contributed by atoms with Crippen LogP contribution in [-0.4, -0.2) is 18.3 Å². The zero-order valence-electron chi connectivity index (χ0n) is 12.2. The van der Waals surface area contributed by atoms with E-state index in [1.807, 2.05) is 30.3 Å². The first-order valence-corrected chi connectivity index (χ1v) is 7.63. The van der Waals surface area contributed by atoms with Crippen molar-refractivity contribution in [2.75, 3.05) is 7.11 Å². The third-order valence-corrected chi connectivity index (χ3v) is 3.91. The van der Waals surface area contributed by atoms with E-state index in [4.69, 9.17) is 9.47 Å². The van der Waals surface area contributed by atoms with Crippen molar-refractivity contribution in [3.05, 3.63) is 59.0 Å². The van der Waals surface area contributed by atoms with Crippen LogP contribution in [0.25, 0.3) is 6.08 Å². The summed E-state index contributed by atoms with van der Waals surface area (Å²) in [5.41, 5.74) is 0.745. The number of imide groups is 1. The number of carbonyl (C=O) groups excluding carboxylic acids is 2. The van der Waals surface area contributed by atoms with Gasteiger partial charge in [0.1, 0.15) is 5.75 Å². The van der Waals surface area contributed by atoms with E-state index in [2.05, 4.69) is 5.32 Å². The number of methoxy groups -OCH3 is 1. The summed E-state index contributed by atoms with van der Waals surface area (Å²) in [5, 5.41) is 1.86. The molecule has 6 heteroatoms. The van der Waals surface area contributed by atoms with Gasteiger partial charge in [-0.15, -0.1) is 0 Å². The minimum atomic E-state index is -0.386. The SMILES string of the molecule is COc1cc(/C=C2\SC(=O)NC2=O)ccc1Oc1ccccc1. The quantitative estimate of drug-likeness (QED) is 0.865. The van der Waals surface area contributed by atoms with Crippen LogP contribution in [0.4, 0.5) is 4.79 Å². The molecule has 0 unspecified atom stereocenters. The molecule has 3 rings (SSSR count). The van der Waals surface area contributed by atoms with Gasteiger partial charge in [0.25, 0.3) is 11.1 Å². The van der Waals surface area contributed by atoms with E-state index in [9.17, 15) is 9.59 Å². The summed E-state index contributed by atoms with van der Waals surface area (Å²) in [6, 6.07) is 14.7. The standard InChI is InChI=1S/C17H13NO4S/c1-21-14-9-11(10-15-16(19)18-17(20)23-15)7-8-13(14)22-12-5-3-2-4-6-12/h2-10H,1H3,(H,18,19,20)/b15-10-. The molecular weight excluding hydrogens is 314 g/mol. The summed E-state index contributed by atoms with van der Waals surface area (Å²) >= 11 is 0.878. The van der Waals surface area contributed by atoms with E-state index in [1.165, 1.54) is 0 Å². The predicted octanol–water partition coefficient (Wildman–Crippen LogP) is 3.81. The molecule has 2 aromatic rings. The van der Waals surface area contributed by atoms with Gasteiger partial charge < -0.3 is 9.47 Å². The molecule has 0 saturated carbocycles. The number of para-hydroxylation sites is 1. The van der Waals surface area contributed by atoms with Crippen LogP contribution in [0.1, 0.15) is 5.56 Å². The second kappa shape index (κ2) is 6.58. The number of thioether (sulfide) groups is 1. The summed E-state index contributed by atoms with van der Waals surface area (Å²) in [5.74, 6) is 1.43. The number of nitrogens with one attached hydrogen (secondary N) is 1. The Hall–Kier alpha value is -2.73. The van der Waals surface area contributed by atoms with Gasteiger partial charge in [-0.3, -0.25) is 14.9 Å². The highest BCUT2D eigenvalue weighted by molar-refractivity contribution is 8.18. The van der Waals surface area contributed by atoms with Crippen molar-refractivity contribution >= 4 is 29.0 Å². The van der Waals surface area contributed by atoms with Crippen LogP contribution in [0.2, 0.25) is 0 Å². The Morgan fingerprint density at radius 2 is 1.83 bits per heavy atom. The molecule has 1 N–H and O–H groups in total. The number of benzene rings is 2. The average Bonchev–Trinajstić information content (AvgIpc) is 2.87. The molecule has 0 bridgehead atoms. The summed E-state index contributed by atoms with van der Waals surface area (Å²) in [4.78, 5) is 23.1. The zero-order valence-corrected chi connectivity index (χ0v) is 13.1. The van der Waals surface area contributed by atoms with Crippen molar-refractivity contribution in [2.24, 2.45) is 0 Å². The van der Waals surface area contributed by atoms with Crippen LogP contribution < -0.4 is 14.8 Å². The van der Waals surface area contributed by atoms with Crippen LogP contribution in [-0.2, 0) is 4.79 Å². The van der Waals surface area contributed by atoms with Crippen LogP contribution >= 0.6 is 11.8 Å². The van der Waals surface area contributed by atoms with E-state index in [1.54, 1.807) is 31.4 Å². The van der Waals surface area contributed by atoms with Crippen molar-refractivity contribution in [1.29, 1.82) is 0 Å². The summed E-state index contributed by atoms with van der Waals surface area (Å²) in [6.45, 7) is 0. The van der Waals surface area contributed by atoms with Gasteiger partial charge in [-0.25, -0.2) is 0 Å². The number of hydrogen-bond acceptors (Lipinski definition) is 5. The largest absolute Gasteiger partial charge is 0.493 e. The first-order valence-electron chi connectivity index (χ1n) is 6.81. The normalized spacial score (nSPS) is 15.6. The van der Waals surface area contributed by atoms with Crippen molar-refractivity contribution in [3.63, 3.8) is 0 Å². The molecule has 0 aromatic heterocycles. The summed E-state index contributed by atoms with van der Waals surface area (Å²) < 4.78 is 11.1. The first kappa shape index (κ1) is 15.2. The lowest BCUT2D eigenvalue weighted by atomic mass is 10.2. The second-order valence-electron chi connectivity index (χ2n) is 4.68. The average molecular weight is 327 g/mol. The first-order chi connectivity index (χ1) is 11.2. The maximum absolute atomic E-state index is 11.6. The van der Waals surface area contributed by atoms with Gasteiger partial charge in [-0.05, 0) is 47.7 Å². The molecule has 23 heavy (non-hydrogen) atoms. The van der Waals surface area contributed by atoms with Crippen molar-refractivity contribution in [2.45, 2.75) is 0 Å². The number of ether oxygens (including phenoxy) is 2. The maximum Gasteiger partial charge on any atom is 0.290 e. The third kappa shape index (κ3) is 3.54. The van der Waals surface area contributed by atoms with Gasteiger partial charge in [-0.2, -0.15) is 0 Å². The van der Waals surface area contributed by atoms with Crippen molar-refractivity contribution < 1.29 is 19.1 Å². The summed E-state index contributed by atoms with van der Waals surface area (Å²) in [7, 11) is 1.55. The Morgan fingerprint density at radius 1 is 1.04 bits per heavy atom. The van der Waals surface area contributed by atoms with E-state index in [0.29, 0.717) is 22.2 Å². The molecule has 0 spiro atoms. The Balaban J connectivity index is 1.87. The predicted molar refractivity (Wildman–Crippen MR) is 88.6 cm³/mol. The van der Waals surface area contributed by atoms with Crippen LogP contribution in [0.5, 0.6) is 17.2 Å². The Kier molecular flexibility index (Phi) is 4.34. The molecule has 0 aliphatic carbocycles. The molecule has 2 amide bonds. The Morgan fingerprint density at radius 3 is 2.48 bits per heavy atom. The minimum Gasteiger partial charge on any atom is -0.493 e. The van der Waals surface area contributed by atoms with Crippen LogP contribution in [0, 0.1) is 0 Å². The fourth-order valence-electron chi connectivity index (χ4n) is 2.05. The van der Waals surface area contributed by atoms with Gasteiger partial charge in [0.2, 0.25) is 0 Å². The molecule has 2 aromatic carbocycles. The van der Waals surface area contributed by atoms with Crippen LogP contribution in [0.3, 0.4) is 0 Å². The molecular formula is C17H13NO4S. The smallest absolute Gasteiger partial charge is 0.290 e. The van der Waals surface area contributed by atoms with Gasteiger partial charge >= 0.3 is 0 Å². The molecule has 1 fully saturated rings. The fraction of sp³-hybridized carbons (Fsp3) is 0.0588. The van der Waals surface area contributed by atoms with Crippen molar-refractivity contribution in [1.82, 2.24) is 5.32 Å². The maximum atomic E-state index is 11.6. The molecule has 116 valence electrons. The highest BCUT2D eigenvalue weighted by Crippen LogP contribution is 2.34. The highest BCUT2D eigenvalue weighted by atomic mass is 32.2. The second-order valence-corrected chi connectivity index (χ2v) is 5.69. The summed E-state index contributed by atoms with van der Waals surface area (Å²) in [6.07, 6.45) is 1.64. The third-order valence-electron chi connectivity index (χ3n) is 3.10. The van der Waals surface area contributed by atoms with Gasteiger partial charge in [0, 0.05) is 0 Å². The lowest BCUT2D eigenvalue weighted by molar-refractivity contribution is -0.115. The molecule has 0 radical (unpaired) electrons. The number of hydrogen-bond donors (Lipinski definition) is 1. The Bertz CT molecular complexity index is 786. The molecule has 1 heterocycles. The monoisotopic (exact) mass is 327 g/mol. The molecule has 5 nitrogen and oxygen atoms in total. The number of carbonyl (C=O) groups is 2. The molecule has 1 aliphatic heterocycles. The Labute approximate surface area is 137 Å². The van der Waals surface area contributed by atoms with E-state index in [0.717, 1.165) is 17.3 Å². The van der Waals surface area contributed by atoms with Crippen LogP contribution in [0.15, 0.2) is 53.4 Å². The van der Waals surface area contributed by atoms with Gasteiger partial charge in [-0.1, -0.05) is 24.3 Å². The number of rotatable bonds is 4. The zero-order chi connectivity index (χ0) is 16.2. The molecule has 1 saturated heterocycles. The highest BCUT2D eigenvalue weighted by Gasteiger charge is 2.25. The van der Waals surface area contributed by atoms with Crippen molar-refractivity contribution in [3.8, 4) is 17.2 Å². The van der Waals surface area contributed by atoms with Gasteiger partial charge in [0.15, 0.2) is 11.5 Å².